The number of hydrogen-bond acceptors (Lipinski definition) is 6. The van der Waals surface area contributed by atoms with E-state index in [-0.39, 0.29) is 6.61 Å². The number of nitrogens with zero attached hydrogens (tertiary/aromatic N) is 3. The fourth-order valence-electron chi connectivity index (χ4n) is 2.65. The maximum atomic E-state index is 12.2. The van der Waals surface area contributed by atoms with E-state index in [4.69, 9.17) is 4.74 Å². The average molecular weight is 426 g/mol. The zero-order valence-corrected chi connectivity index (χ0v) is 17.8. The Morgan fingerprint density at radius 3 is 2.50 bits per heavy atom. The first-order chi connectivity index (χ1) is 14.5. The lowest BCUT2D eigenvalue weighted by Gasteiger charge is -2.14. The van der Waals surface area contributed by atoms with Crippen LogP contribution in [0.25, 0.3) is 5.69 Å². The Kier molecular flexibility index (Phi) is 7.08. The molecular formula is C21H23N5O3S. The zero-order valence-electron chi connectivity index (χ0n) is 17.0. The van der Waals surface area contributed by atoms with Gasteiger partial charge in [0, 0.05) is 12.7 Å². The molecule has 30 heavy (non-hydrogen) atoms. The van der Waals surface area contributed by atoms with Gasteiger partial charge in [-0.25, -0.2) is 4.79 Å². The van der Waals surface area contributed by atoms with Crippen LogP contribution in [0.1, 0.15) is 18.3 Å². The van der Waals surface area contributed by atoms with Gasteiger partial charge in [0.1, 0.15) is 12.4 Å². The summed E-state index contributed by atoms with van der Waals surface area (Å²) in [6.07, 6.45) is 0. The third-order valence-electron chi connectivity index (χ3n) is 4.28. The van der Waals surface area contributed by atoms with Crippen molar-refractivity contribution >= 4 is 23.7 Å². The van der Waals surface area contributed by atoms with E-state index in [9.17, 15) is 9.59 Å². The van der Waals surface area contributed by atoms with Crippen LogP contribution in [0.2, 0.25) is 0 Å². The summed E-state index contributed by atoms with van der Waals surface area (Å²) in [7, 11) is 1.45. The predicted octanol–water partition coefficient (Wildman–Crippen LogP) is 3.09. The summed E-state index contributed by atoms with van der Waals surface area (Å²) in [6.45, 7) is 3.90. The second-order valence-corrected chi connectivity index (χ2v) is 7.76. The number of carbonyl (C=O) groups is 2. The van der Waals surface area contributed by atoms with E-state index in [1.54, 1.807) is 6.92 Å². The van der Waals surface area contributed by atoms with E-state index < -0.39 is 17.2 Å². The number of ether oxygens (including phenoxy) is 1. The molecule has 2 aromatic carbocycles. The maximum Gasteiger partial charge on any atom is 0.321 e. The van der Waals surface area contributed by atoms with Crippen LogP contribution in [0.4, 0.5) is 4.79 Å². The van der Waals surface area contributed by atoms with E-state index in [2.05, 4.69) is 20.8 Å². The largest absolute Gasteiger partial charge is 0.485 e. The van der Waals surface area contributed by atoms with Gasteiger partial charge in [0.15, 0.2) is 11.0 Å². The van der Waals surface area contributed by atoms with Crippen LogP contribution < -0.4 is 15.4 Å². The van der Waals surface area contributed by atoms with Crippen LogP contribution >= 0.6 is 11.8 Å². The minimum Gasteiger partial charge on any atom is -0.485 e. The minimum atomic E-state index is -0.556. The Hall–Kier alpha value is -3.33. The van der Waals surface area contributed by atoms with Crippen molar-refractivity contribution in [2.75, 3.05) is 7.05 Å². The molecule has 1 aromatic heterocycles. The van der Waals surface area contributed by atoms with Gasteiger partial charge >= 0.3 is 6.03 Å². The number of hydrogen-bond donors (Lipinski definition) is 2. The summed E-state index contributed by atoms with van der Waals surface area (Å²) in [4.78, 5) is 23.7. The lowest BCUT2D eigenvalue weighted by molar-refractivity contribution is -0.119. The number of thioether (sulfide) groups is 1. The van der Waals surface area contributed by atoms with Crippen molar-refractivity contribution in [3.63, 3.8) is 0 Å². The molecular weight excluding hydrogens is 402 g/mol. The topological polar surface area (TPSA) is 98.1 Å². The first-order valence-electron chi connectivity index (χ1n) is 9.37. The van der Waals surface area contributed by atoms with Crippen LogP contribution in [0.15, 0.2) is 59.8 Å². The number of aromatic nitrogens is 3. The van der Waals surface area contributed by atoms with Crippen molar-refractivity contribution in [2.24, 2.45) is 0 Å². The number of urea groups is 1. The van der Waals surface area contributed by atoms with Gasteiger partial charge in [0.05, 0.1) is 5.25 Å². The number of carbonyl (C=O) groups excluding carboxylic acids is 2. The molecule has 0 saturated heterocycles. The van der Waals surface area contributed by atoms with Crippen LogP contribution in [-0.2, 0) is 11.4 Å². The highest BCUT2D eigenvalue weighted by molar-refractivity contribution is 8.00. The minimum absolute atomic E-state index is 0.214. The molecule has 0 aliphatic carbocycles. The van der Waals surface area contributed by atoms with E-state index >= 15 is 0 Å². The number of nitrogens with one attached hydrogen (secondary N) is 2. The summed E-state index contributed by atoms with van der Waals surface area (Å²) in [5, 5.41) is 13.2. The molecule has 3 rings (SSSR count). The first kappa shape index (κ1) is 21.4. The molecule has 1 unspecified atom stereocenters. The van der Waals surface area contributed by atoms with Crippen molar-refractivity contribution in [1.82, 2.24) is 25.4 Å². The third-order valence-corrected chi connectivity index (χ3v) is 5.32. The Balaban J connectivity index is 1.84. The fraction of sp³-hybridized carbons (Fsp3) is 0.238. The monoisotopic (exact) mass is 425 g/mol. The second kappa shape index (κ2) is 9.93. The van der Waals surface area contributed by atoms with Crippen molar-refractivity contribution in [3.05, 3.63) is 66.0 Å². The molecule has 0 spiro atoms. The molecule has 0 bridgehead atoms. The van der Waals surface area contributed by atoms with Crippen molar-refractivity contribution in [2.45, 2.75) is 30.9 Å². The normalized spacial score (nSPS) is 11.6. The van der Waals surface area contributed by atoms with Gasteiger partial charge in [0.25, 0.3) is 0 Å². The van der Waals surface area contributed by atoms with Crippen LogP contribution in [0, 0.1) is 6.92 Å². The Morgan fingerprint density at radius 1 is 1.10 bits per heavy atom. The van der Waals surface area contributed by atoms with Gasteiger partial charge < -0.3 is 10.1 Å². The van der Waals surface area contributed by atoms with E-state index in [1.807, 2.05) is 66.1 Å². The Morgan fingerprint density at radius 2 is 1.80 bits per heavy atom. The smallest absolute Gasteiger partial charge is 0.321 e. The van der Waals surface area contributed by atoms with Crippen LogP contribution in [0.5, 0.6) is 5.75 Å². The van der Waals surface area contributed by atoms with Gasteiger partial charge in [-0.05, 0) is 37.6 Å². The van der Waals surface area contributed by atoms with Crippen molar-refractivity contribution in [3.8, 4) is 11.4 Å². The lowest BCUT2D eigenvalue weighted by Crippen LogP contribution is -2.41. The molecule has 0 saturated carbocycles. The number of aryl methyl sites for hydroxylation is 1. The highest BCUT2D eigenvalue weighted by atomic mass is 32.2. The average Bonchev–Trinajstić information content (AvgIpc) is 3.15. The third kappa shape index (κ3) is 5.18. The van der Waals surface area contributed by atoms with Gasteiger partial charge in [0.2, 0.25) is 5.91 Å². The van der Waals surface area contributed by atoms with Gasteiger partial charge in [-0.15, -0.1) is 10.2 Å². The maximum absolute atomic E-state index is 12.2. The SMILES string of the molecule is CNC(=O)NC(=O)C(C)Sc1nnc(COc2ccccc2C)n1-c1ccccc1. The quantitative estimate of drug-likeness (QED) is 0.565. The summed E-state index contributed by atoms with van der Waals surface area (Å²) in [6, 6.07) is 16.8. The molecule has 0 radical (unpaired) electrons. The molecule has 0 aliphatic rings. The van der Waals surface area contributed by atoms with E-state index in [0.717, 1.165) is 17.0 Å². The first-order valence-corrected chi connectivity index (χ1v) is 10.2. The Labute approximate surface area is 179 Å². The summed E-state index contributed by atoms with van der Waals surface area (Å²) in [5.74, 6) is 0.957. The fourth-order valence-corrected chi connectivity index (χ4v) is 3.54. The zero-order chi connectivity index (χ0) is 21.5. The van der Waals surface area contributed by atoms with Crippen LogP contribution in [0.3, 0.4) is 0 Å². The molecule has 3 amide bonds. The molecule has 9 heteroatoms. The summed E-state index contributed by atoms with van der Waals surface area (Å²) >= 11 is 1.21. The van der Waals surface area contributed by atoms with Gasteiger partial charge in [-0.1, -0.05) is 48.2 Å². The van der Waals surface area contributed by atoms with Gasteiger partial charge in [-0.3, -0.25) is 14.7 Å². The number of imide groups is 1. The number of para-hydroxylation sites is 2. The van der Waals surface area contributed by atoms with Crippen molar-refractivity contribution < 1.29 is 14.3 Å². The Bertz CT molecular complexity index is 1020. The number of amides is 3. The molecule has 1 heterocycles. The van der Waals surface area contributed by atoms with E-state index in [0.29, 0.717) is 11.0 Å². The molecule has 2 N–H and O–H groups in total. The van der Waals surface area contributed by atoms with E-state index in [1.165, 1.54) is 18.8 Å². The highest BCUT2D eigenvalue weighted by Crippen LogP contribution is 2.27. The molecule has 3 aromatic rings. The van der Waals surface area contributed by atoms with Crippen molar-refractivity contribution in [1.29, 1.82) is 0 Å². The molecule has 0 fully saturated rings. The standard InChI is InChI=1S/C21H23N5O3S/c1-14-9-7-8-12-17(14)29-13-18-24-25-21(26(18)16-10-5-4-6-11-16)30-15(2)19(27)23-20(28)22-3/h4-12,15H,13H2,1-3H3,(H2,22,23,27,28). The molecule has 8 nitrogen and oxygen atoms in total. The summed E-state index contributed by atoms with van der Waals surface area (Å²) in [5.41, 5.74) is 1.88. The highest BCUT2D eigenvalue weighted by Gasteiger charge is 2.22. The lowest BCUT2D eigenvalue weighted by atomic mass is 10.2. The summed E-state index contributed by atoms with van der Waals surface area (Å²) < 4.78 is 7.81. The van der Waals surface area contributed by atoms with Crippen LogP contribution in [-0.4, -0.2) is 39.0 Å². The number of rotatable bonds is 7. The molecule has 1 atom stereocenters. The second-order valence-electron chi connectivity index (χ2n) is 6.45. The van der Waals surface area contributed by atoms with Gasteiger partial charge in [-0.2, -0.15) is 0 Å². The number of benzene rings is 2. The molecule has 0 aliphatic heterocycles. The molecule has 156 valence electrons. The predicted molar refractivity (Wildman–Crippen MR) is 115 cm³/mol.